The van der Waals surface area contributed by atoms with Crippen LogP contribution in [0.15, 0.2) is 24.3 Å². The molecule has 2 rings (SSSR count). The van der Waals surface area contributed by atoms with Crippen LogP contribution in [0.4, 0.5) is 0 Å². The number of aliphatic hydroxyl groups excluding tert-OH is 1. The minimum atomic E-state index is -0.838. The number of benzene rings is 1. The van der Waals surface area contributed by atoms with Gasteiger partial charge in [0, 0.05) is 57.9 Å². The zero-order valence-electron chi connectivity index (χ0n) is 28.9. The number of ether oxygens (including phenoxy) is 3. The van der Waals surface area contributed by atoms with Crippen LogP contribution in [0.2, 0.25) is 0 Å². The Morgan fingerprint density at radius 2 is 1.63 bits per heavy atom. The number of aliphatic hydroxyl groups is 1. The molecule has 46 heavy (non-hydrogen) atoms. The molecule has 0 radical (unpaired) electrons. The summed E-state index contributed by atoms with van der Waals surface area (Å²) < 4.78 is 16.4. The molecule has 12 heteroatoms. The predicted molar refractivity (Wildman–Crippen MR) is 189 cm³/mol. The van der Waals surface area contributed by atoms with Gasteiger partial charge in [0.05, 0.1) is 31.5 Å². The van der Waals surface area contributed by atoms with Crippen molar-refractivity contribution in [1.29, 1.82) is 0 Å². The van der Waals surface area contributed by atoms with Crippen molar-refractivity contribution in [3.8, 4) is 5.75 Å². The van der Waals surface area contributed by atoms with Gasteiger partial charge in [0.15, 0.2) is 0 Å². The zero-order valence-corrected chi connectivity index (χ0v) is 30.5. The lowest BCUT2D eigenvalue weighted by Crippen LogP contribution is -2.47. The topological polar surface area (TPSA) is 135 Å². The molecule has 1 aromatic carbocycles. The van der Waals surface area contributed by atoms with E-state index in [1.807, 2.05) is 39.0 Å². The number of carbonyl (C=O) groups excluding carboxylic acids is 2. The van der Waals surface area contributed by atoms with Gasteiger partial charge in [-0.2, -0.15) is 0 Å². The number of nitrogens with two attached hydrogens (primary N) is 1. The summed E-state index contributed by atoms with van der Waals surface area (Å²) in [5, 5.41) is 17.4. The standard InChI is InChI=1S/C34H60N4O6.2ClH/c1-24(2)28(26(5)37-34(41)27-12-8-9-13-32(27)44-19-11-7-10-18-42-6)22-30(35)31(39)23-29(25(3)4)33(40)36-14-15-38-16-20-43-21-17-38;;/h8-9,12-13,24-26,28-31,39H,7,10-11,14-23,35H2,1-6H3,(H,36,40)(H,37,41);2*1H. The summed E-state index contributed by atoms with van der Waals surface area (Å²) >= 11 is 0. The van der Waals surface area contributed by atoms with Gasteiger partial charge in [0.1, 0.15) is 5.75 Å². The van der Waals surface area contributed by atoms with Gasteiger partial charge in [0.2, 0.25) is 5.91 Å². The van der Waals surface area contributed by atoms with Gasteiger partial charge in [-0.3, -0.25) is 14.5 Å². The number of nitrogens with one attached hydrogen (secondary N) is 2. The maximum Gasteiger partial charge on any atom is 0.255 e. The highest BCUT2D eigenvalue weighted by Gasteiger charge is 2.32. The van der Waals surface area contributed by atoms with Crippen LogP contribution >= 0.6 is 24.8 Å². The molecule has 5 unspecified atom stereocenters. The number of methoxy groups -OCH3 is 1. The van der Waals surface area contributed by atoms with E-state index in [9.17, 15) is 14.7 Å². The first-order chi connectivity index (χ1) is 21.0. The third-order valence-electron chi connectivity index (χ3n) is 8.75. The number of hydrogen-bond acceptors (Lipinski definition) is 8. The first-order valence-corrected chi connectivity index (χ1v) is 16.6. The normalized spacial score (nSPS) is 16.8. The molecule has 268 valence electrons. The molecule has 0 bridgehead atoms. The maximum absolute atomic E-state index is 13.3. The summed E-state index contributed by atoms with van der Waals surface area (Å²) in [6, 6.07) is 6.59. The Kier molecular flexibility index (Phi) is 23.6. The Morgan fingerprint density at radius 3 is 2.26 bits per heavy atom. The number of rotatable bonds is 21. The molecule has 2 amide bonds. The summed E-state index contributed by atoms with van der Waals surface area (Å²) in [7, 11) is 1.70. The van der Waals surface area contributed by atoms with E-state index >= 15 is 0 Å². The van der Waals surface area contributed by atoms with Crippen LogP contribution in [-0.2, 0) is 14.3 Å². The molecule has 1 aliphatic heterocycles. The number of amides is 2. The second kappa shape index (κ2) is 24.5. The molecule has 5 atom stereocenters. The maximum atomic E-state index is 13.3. The number of carbonyl (C=O) groups is 2. The number of morpholine rings is 1. The van der Waals surface area contributed by atoms with Crippen molar-refractivity contribution in [2.45, 2.75) is 84.9 Å². The number of halogens is 2. The number of unbranched alkanes of at least 4 members (excludes halogenated alkanes) is 2. The molecule has 0 saturated carbocycles. The van der Waals surface area contributed by atoms with Gasteiger partial charge in [-0.05, 0) is 68.9 Å². The van der Waals surface area contributed by atoms with Crippen LogP contribution in [0.1, 0.15) is 77.1 Å². The van der Waals surface area contributed by atoms with Crippen molar-refractivity contribution in [3.63, 3.8) is 0 Å². The third-order valence-corrected chi connectivity index (χ3v) is 8.75. The van der Waals surface area contributed by atoms with Gasteiger partial charge in [-0.1, -0.05) is 39.8 Å². The van der Waals surface area contributed by atoms with Crippen LogP contribution in [0, 0.1) is 23.7 Å². The molecule has 0 aliphatic carbocycles. The third kappa shape index (κ3) is 16.0. The predicted octanol–water partition coefficient (Wildman–Crippen LogP) is 4.31. The lowest BCUT2D eigenvalue weighted by Gasteiger charge is -2.33. The highest BCUT2D eigenvalue weighted by molar-refractivity contribution is 5.97. The van der Waals surface area contributed by atoms with Gasteiger partial charge in [0.25, 0.3) is 5.91 Å². The lowest BCUT2D eigenvalue weighted by atomic mass is 9.80. The van der Waals surface area contributed by atoms with E-state index in [0.29, 0.717) is 37.3 Å². The number of para-hydroxylation sites is 1. The van der Waals surface area contributed by atoms with Gasteiger partial charge >= 0.3 is 0 Å². The molecule has 1 saturated heterocycles. The first-order valence-electron chi connectivity index (χ1n) is 16.6. The molecular formula is C34H62Cl2N4O6. The second-order valence-corrected chi connectivity index (χ2v) is 12.9. The molecule has 0 aromatic heterocycles. The van der Waals surface area contributed by atoms with E-state index < -0.39 is 12.1 Å². The average Bonchev–Trinajstić information content (AvgIpc) is 3.00. The summed E-state index contributed by atoms with van der Waals surface area (Å²) in [6.07, 6.45) is 2.84. The molecule has 10 nitrogen and oxygen atoms in total. The Balaban J connectivity index is 0.0000101. The van der Waals surface area contributed by atoms with Crippen molar-refractivity contribution in [2.75, 3.05) is 59.7 Å². The zero-order chi connectivity index (χ0) is 32.5. The quantitative estimate of drug-likeness (QED) is 0.140. The second-order valence-electron chi connectivity index (χ2n) is 12.9. The summed E-state index contributed by atoms with van der Waals surface area (Å²) in [5.41, 5.74) is 7.07. The van der Waals surface area contributed by atoms with E-state index in [-0.39, 0.29) is 66.3 Å². The van der Waals surface area contributed by atoms with E-state index in [4.69, 9.17) is 19.9 Å². The molecule has 1 aromatic rings. The fourth-order valence-electron chi connectivity index (χ4n) is 5.81. The smallest absolute Gasteiger partial charge is 0.255 e. The first kappa shape index (κ1) is 44.3. The highest BCUT2D eigenvalue weighted by atomic mass is 35.5. The van der Waals surface area contributed by atoms with E-state index in [0.717, 1.165) is 58.7 Å². The minimum Gasteiger partial charge on any atom is -0.493 e. The summed E-state index contributed by atoms with van der Waals surface area (Å²) in [6.45, 7) is 16.0. The number of nitrogens with zero attached hydrogens (tertiary/aromatic N) is 1. The van der Waals surface area contributed by atoms with E-state index in [1.54, 1.807) is 13.2 Å². The van der Waals surface area contributed by atoms with E-state index in [2.05, 4.69) is 29.4 Å². The van der Waals surface area contributed by atoms with Crippen molar-refractivity contribution in [1.82, 2.24) is 15.5 Å². The Hall–Kier alpha value is -1.66. The van der Waals surface area contributed by atoms with Crippen molar-refractivity contribution >= 4 is 36.6 Å². The Bertz CT molecular complexity index is 967. The molecule has 1 heterocycles. The van der Waals surface area contributed by atoms with Crippen molar-refractivity contribution in [2.24, 2.45) is 29.4 Å². The average molecular weight is 694 g/mol. The van der Waals surface area contributed by atoms with Crippen molar-refractivity contribution in [3.05, 3.63) is 29.8 Å². The minimum absolute atomic E-state index is 0. The number of hydrogen-bond donors (Lipinski definition) is 4. The van der Waals surface area contributed by atoms with Crippen LogP contribution in [0.3, 0.4) is 0 Å². The highest BCUT2D eigenvalue weighted by Crippen LogP contribution is 2.26. The monoisotopic (exact) mass is 692 g/mol. The molecule has 5 N–H and O–H groups in total. The SMILES string of the molecule is COCCCCCOc1ccccc1C(=O)NC(C)C(CC(N)C(O)CC(C(=O)NCCN1CCOCC1)C(C)C)C(C)C.Cl.Cl. The van der Waals surface area contributed by atoms with E-state index in [1.165, 1.54) is 0 Å². The molecule has 0 spiro atoms. The van der Waals surface area contributed by atoms with Crippen LogP contribution in [0.25, 0.3) is 0 Å². The summed E-state index contributed by atoms with van der Waals surface area (Å²) in [5.74, 6) is 0.292. The lowest BCUT2D eigenvalue weighted by molar-refractivity contribution is -0.127. The molecule has 1 aliphatic rings. The summed E-state index contributed by atoms with van der Waals surface area (Å²) in [4.78, 5) is 28.7. The van der Waals surface area contributed by atoms with Crippen molar-refractivity contribution < 1.29 is 28.9 Å². The van der Waals surface area contributed by atoms with Gasteiger partial charge < -0.3 is 35.7 Å². The fourth-order valence-corrected chi connectivity index (χ4v) is 5.81. The van der Waals surface area contributed by atoms with Crippen LogP contribution < -0.4 is 21.1 Å². The van der Waals surface area contributed by atoms with Gasteiger partial charge in [-0.25, -0.2) is 0 Å². The largest absolute Gasteiger partial charge is 0.493 e. The van der Waals surface area contributed by atoms with Gasteiger partial charge in [-0.15, -0.1) is 24.8 Å². The Morgan fingerprint density at radius 1 is 0.978 bits per heavy atom. The van der Waals surface area contributed by atoms with Crippen LogP contribution in [-0.4, -0.2) is 99.7 Å². The Labute approximate surface area is 290 Å². The van der Waals surface area contributed by atoms with Crippen LogP contribution in [0.5, 0.6) is 5.75 Å². The molecule has 1 fully saturated rings. The molecular weight excluding hydrogens is 631 g/mol. The fraction of sp³-hybridized carbons (Fsp3) is 0.765.